The van der Waals surface area contributed by atoms with Crippen LogP contribution in [0.25, 0.3) is 11.3 Å². The van der Waals surface area contributed by atoms with Gasteiger partial charge in [0.25, 0.3) is 0 Å². The number of anilines is 1. The van der Waals surface area contributed by atoms with Gasteiger partial charge in [-0.05, 0) is 31.0 Å². The van der Waals surface area contributed by atoms with Gasteiger partial charge in [0, 0.05) is 23.1 Å². The average Bonchev–Trinajstić information content (AvgIpc) is 3.14. The molecule has 1 aliphatic carbocycles. The molecule has 0 bridgehead atoms. The second-order valence-corrected chi connectivity index (χ2v) is 8.51. The average molecular weight is 411 g/mol. The predicted octanol–water partition coefficient (Wildman–Crippen LogP) is 4.31. The van der Waals surface area contributed by atoms with Gasteiger partial charge in [0.2, 0.25) is 11.8 Å². The van der Waals surface area contributed by atoms with Crippen LogP contribution in [0.1, 0.15) is 45.0 Å². The molecule has 3 aromatic rings. The fraction of sp³-hybridized carbons (Fsp3) is 0.409. The summed E-state index contributed by atoms with van der Waals surface area (Å²) < 4.78 is 21.4. The van der Waals surface area contributed by atoms with Gasteiger partial charge in [0.1, 0.15) is 0 Å². The van der Waals surface area contributed by atoms with Crippen LogP contribution in [0.3, 0.4) is 0 Å². The molecule has 1 fully saturated rings. The normalized spacial score (nSPS) is 15.0. The third-order valence-electron chi connectivity index (χ3n) is 5.37. The highest BCUT2D eigenvalue weighted by Crippen LogP contribution is 2.49. The van der Waals surface area contributed by atoms with Crippen molar-refractivity contribution in [2.45, 2.75) is 44.4 Å². The molecule has 158 valence electrons. The van der Waals surface area contributed by atoms with Crippen molar-refractivity contribution in [1.82, 2.24) is 10.3 Å². The Labute approximate surface area is 174 Å². The molecule has 4 rings (SSSR count). The van der Waals surface area contributed by atoms with Crippen molar-refractivity contribution >= 4 is 11.8 Å². The van der Waals surface area contributed by atoms with E-state index in [-0.39, 0.29) is 11.3 Å². The van der Waals surface area contributed by atoms with E-state index in [9.17, 15) is 4.79 Å². The first-order chi connectivity index (χ1) is 14.3. The first-order valence-corrected chi connectivity index (χ1v) is 9.75. The number of aromatic nitrogens is 2. The number of amides is 1. The number of nitrogens with zero attached hydrogens (tertiary/aromatic N) is 2. The summed E-state index contributed by atoms with van der Waals surface area (Å²) in [5, 5.41) is 11.1. The van der Waals surface area contributed by atoms with E-state index in [0.717, 1.165) is 11.3 Å². The van der Waals surface area contributed by atoms with Crippen molar-refractivity contribution in [2.75, 3.05) is 19.5 Å². The third-order valence-corrected chi connectivity index (χ3v) is 5.37. The van der Waals surface area contributed by atoms with Crippen LogP contribution >= 0.6 is 0 Å². The summed E-state index contributed by atoms with van der Waals surface area (Å²) in [6.45, 7) is 6.10. The molecule has 1 aromatic carbocycles. The Kier molecular flexibility index (Phi) is 4.80. The summed E-state index contributed by atoms with van der Waals surface area (Å²) in [5.74, 6) is 1.93. The molecule has 2 heterocycles. The Morgan fingerprint density at radius 2 is 1.77 bits per heavy atom. The summed E-state index contributed by atoms with van der Waals surface area (Å²) in [7, 11) is 3.16. The molecule has 1 saturated carbocycles. The predicted molar refractivity (Wildman–Crippen MR) is 110 cm³/mol. The van der Waals surface area contributed by atoms with Gasteiger partial charge in [-0.2, -0.15) is 0 Å². The largest absolute Gasteiger partial charge is 0.493 e. The lowest BCUT2D eigenvalue weighted by Gasteiger charge is -2.12. The molecular formula is C22H25N3O5. The van der Waals surface area contributed by atoms with Crippen molar-refractivity contribution in [3.05, 3.63) is 41.7 Å². The van der Waals surface area contributed by atoms with E-state index in [1.165, 1.54) is 0 Å². The van der Waals surface area contributed by atoms with E-state index in [1.807, 2.05) is 32.9 Å². The second kappa shape index (κ2) is 7.19. The van der Waals surface area contributed by atoms with Crippen LogP contribution in [-0.4, -0.2) is 30.4 Å². The van der Waals surface area contributed by atoms with Crippen LogP contribution in [0, 0.1) is 0 Å². The molecule has 8 heteroatoms. The molecule has 0 unspecified atom stereocenters. The van der Waals surface area contributed by atoms with E-state index < -0.39 is 5.41 Å². The number of hydrogen-bond acceptors (Lipinski definition) is 7. The fourth-order valence-electron chi connectivity index (χ4n) is 3.27. The summed E-state index contributed by atoms with van der Waals surface area (Å²) in [6, 6.07) is 9.02. The lowest BCUT2D eigenvalue weighted by atomic mass is 9.92. The van der Waals surface area contributed by atoms with E-state index in [1.54, 1.807) is 32.4 Å². The molecule has 2 aromatic heterocycles. The molecule has 1 aliphatic rings. The van der Waals surface area contributed by atoms with Gasteiger partial charge in [-0.3, -0.25) is 10.1 Å². The SMILES string of the molecule is COc1ccc(-c2cc(C3(C(=O)Nc4cc(C(C)(C)C)no4)CC3)no2)cc1OC. The molecule has 0 saturated heterocycles. The number of hydrogen-bond donors (Lipinski definition) is 1. The van der Waals surface area contributed by atoms with Crippen molar-refractivity contribution in [3.63, 3.8) is 0 Å². The molecular weight excluding hydrogens is 386 g/mol. The summed E-state index contributed by atoms with van der Waals surface area (Å²) >= 11 is 0. The van der Waals surface area contributed by atoms with Crippen molar-refractivity contribution < 1.29 is 23.3 Å². The minimum absolute atomic E-state index is 0.163. The summed E-state index contributed by atoms with van der Waals surface area (Å²) in [5.41, 5.74) is 1.28. The lowest BCUT2D eigenvalue weighted by molar-refractivity contribution is -0.118. The monoisotopic (exact) mass is 411 g/mol. The molecule has 0 atom stereocenters. The number of rotatable bonds is 6. The quantitative estimate of drug-likeness (QED) is 0.645. The Morgan fingerprint density at radius 3 is 2.37 bits per heavy atom. The lowest BCUT2D eigenvalue weighted by Crippen LogP contribution is -2.28. The molecule has 0 spiro atoms. The highest BCUT2D eigenvalue weighted by atomic mass is 16.5. The highest BCUT2D eigenvalue weighted by molar-refractivity contribution is 6.00. The molecule has 1 amide bonds. The van der Waals surface area contributed by atoms with Crippen LogP contribution in [-0.2, 0) is 15.6 Å². The highest BCUT2D eigenvalue weighted by Gasteiger charge is 2.54. The number of ether oxygens (including phenoxy) is 2. The van der Waals surface area contributed by atoms with Gasteiger partial charge in [-0.25, -0.2) is 0 Å². The van der Waals surface area contributed by atoms with E-state index in [2.05, 4.69) is 15.6 Å². The standard InChI is InChI=1S/C22H25N3O5/c1-21(2,3)17-12-19(30-24-17)23-20(26)22(8-9-22)18-11-15(29-25-18)13-6-7-14(27-4)16(10-13)28-5/h6-7,10-12H,8-9H2,1-5H3,(H,23,26). The van der Waals surface area contributed by atoms with E-state index >= 15 is 0 Å². The number of carbonyl (C=O) groups is 1. The molecule has 0 aliphatic heterocycles. The maximum atomic E-state index is 13.0. The van der Waals surface area contributed by atoms with E-state index in [0.29, 0.717) is 41.7 Å². The van der Waals surface area contributed by atoms with Crippen LogP contribution < -0.4 is 14.8 Å². The zero-order valence-electron chi connectivity index (χ0n) is 17.7. The fourth-order valence-corrected chi connectivity index (χ4v) is 3.27. The molecule has 8 nitrogen and oxygen atoms in total. The molecule has 30 heavy (non-hydrogen) atoms. The number of nitrogens with one attached hydrogen (secondary N) is 1. The molecule has 0 radical (unpaired) electrons. The Bertz CT molecular complexity index is 1070. The Hall–Kier alpha value is -3.29. The molecule has 1 N–H and O–H groups in total. The van der Waals surface area contributed by atoms with Crippen molar-refractivity contribution in [3.8, 4) is 22.8 Å². The number of benzene rings is 1. The van der Waals surface area contributed by atoms with Crippen LogP contribution in [0.2, 0.25) is 0 Å². The maximum Gasteiger partial charge on any atom is 0.239 e. The first-order valence-electron chi connectivity index (χ1n) is 9.75. The Morgan fingerprint density at radius 1 is 1.03 bits per heavy atom. The smallest absolute Gasteiger partial charge is 0.239 e. The Balaban J connectivity index is 1.54. The number of carbonyl (C=O) groups excluding carboxylic acids is 1. The third kappa shape index (κ3) is 3.53. The van der Waals surface area contributed by atoms with Gasteiger partial charge in [-0.1, -0.05) is 31.1 Å². The zero-order chi connectivity index (χ0) is 21.5. The zero-order valence-corrected chi connectivity index (χ0v) is 17.7. The van der Waals surface area contributed by atoms with Crippen molar-refractivity contribution in [1.29, 1.82) is 0 Å². The van der Waals surface area contributed by atoms with Crippen molar-refractivity contribution in [2.24, 2.45) is 0 Å². The van der Waals surface area contributed by atoms with Crippen LogP contribution in [0.15, 0.2) is 39.4 Å². The summed E-state index contributed by atoms with van der Waals surface area (Å²) in [4.78, 5) is 13.0. The van der Waals surface area contributed by atoms with Gasteiger partial charge >= 0.3 is 0 Å². The van der Waals surface area contributed by atoms with Gasteiger partial charge in [0.05, 0.1) is 31.0 Å². The van der Waals surface area contributed by atoms with Crippen LogP contribution in [0.5, 0.6) is 11.5 Å². The van der Waals surface area contributed by atoms with Gasteiger partial charge in [0.15, 0.2) is 17.3 Å². The van der Waals surface area contributed by atoms with Gasteiger partial charge in [-0.15, -0.1) is 0 Å². The topological polar surface area (TPSA) is 99.6 Å². The van der Waals surface area contributed by atoms with Crippen LogP contribution in [0.4, 0.5) is 5.88 Å². The first kappa shape index (κ1) is 20.0. The minimum atomic E-state index is -0.715. The van der Waals surface area contributed by atoms with E-state index in [4.69, 9.17) is 18.5 Å². The minimum Gasteiger partial charge on any atom is -0.493 e. The summed E-state index contributed by atoms with van der Waals surface area (Å²) in [6.07, 6.45) is 1.38. The number of methoxy groups -OCH3 is 2. The van der Waals surface area contributed by atoms with Gasteiger partial charge < -0.3 is 18.5 Å². The maximum absolute atomic E-state index is 13.0. The second-order valence-electron chi connectivity index (χ2n) is 8.51.